The van der Waals surface area contributed by atoms with Crippen LogP contribution in [-0.2, 0) is 6.54 Å². The average molecular weight is 360 g/mol. The van der Waals surface area contributed by atoms with E-state index in [9.17, 15) is 9.59 Å². The average Bonchev–Trinajstić information content (AvgIpc) is 2.67. The molecule has 0 saturated carbocycles. The lowest BCUT2D eigenvalue weighted by atomic mass is 10.1. The number of fused-ring (bicyclic) bond motifs is 2. The first-order chi connectivity index (χ1) is 13.0. The molecule has 2 aromatic heterocycles. The first-order valence-electron chi connectivity index (χ1n) is 8.38. The van der Waals surface area contributed by atoms with Gasteiger partial charge in [-0.2, -0.15) is 0 Å². The molecule has 0 spiro atoms. The van der Waals surface area contributed by atoms with E-state index in [1.807, 2.05) is 48.3 Å². The molecule has 2 heterocycles. The van der Waals surface area contributed by atoms with Crippen molar-refractivity contribution in [2.24, 2.45) is 0 Å². The molecule has 0 bridgehead atoms. The Morgan fingerprint density at radius 2 is 1.96 bits per heavy atom. The predicted molar refractivity (Wildman–Crippen MR) is 103 cm³/mol. The van der Waals surface area contributed by atoms with E-state index in [0.717, 1.165) is 22.2 Å². The first kappa shape index (κ1) is 16.8. The molecule has 2 aromatic carbocycles. The summed E-state index contributed by atoms with van der Waals surface area (Å²) in [4.78, 5) is 29.3. The molecule has 0 aliphatic rings. The van der Waals surface area contributed by atoms with E-state index in [4.69, 9.17) is 9.52 Å². The molecule has 6 heteroatoms. The summed E-state index contributed by atoms with van der Waals surface area (Å²) in [7, 11) is 1.94. The molecular formula is C21H16N2O4. The molecule has 4 rings (SSSR count). The van der Waals surface area contributed by atoms with Crippen molar-refractivity contribution < 1.29 is 14.3 Å². The monoisotopic (exact) mass is 360 g/mol. The Bertz CT molecular complexity index is 1220. The number of carboxylic acid groups (broad SMARTS) is 1. The lowest BCUT2D eigenvalue weighted by molar-refractivity contribution is 0.0692. The van der Waals surface area contributed by atoms with Crippen LogP contribution in [0.5, 0.6) is 0 Å². The number of nitrogens with zero attached hydrogens (tertiary/aromatic N) is 2. The molecule has 1 N–H and O–H groups in total. The maximum atomic E-state index is 11.8. The van der Waals surface area contributed by atoms with Crippen LogP contribution in [0.3, 0.4) is 0 Å². The van der Waals surface area contributed by atoms with Gasteiger partial charge in [0.2, 0.25) is 0 Å². The highest BCUT2D eigenvalue weighted by Crippen LogP contribution is 2.24. The Kier molecular flexibility index (Phi) is 4.08. The highest BCUT2D eigenvalue weighted by molar-refractivity contribution is 5.92. The third-order valence-corrected chi connectivity index (χ3v) is 4.54. The van der Waals surface area contributed by atoms with Gasteiger partial charge in [-0.25, -0.2) is 9.59 Å². The molecule has 0 unspecified atom stereocenters. The van der Waals surface area contributed by atoms with Crippen molar-refractivity contribution in [3.05, 3.63) is 82.3 Å². The lowest BCUT2D eigenvalue weighted by Gasteiger charge is -2.20. The minimum Gasteiger partial charge on any atom is -0.477 e. The molecule has 0 aliphatic carbocycles. The Hall–Kier alpha value is -3.67. The van der Waals surface area contributed by atoms with Crippen molar-refractivity contribution in [1.82, 2.24) is 4.98 Å². The van der Waals surface area contributed by atoms with E-state index in [1.54, 1.807) is 18.3 Å². The number of para-hydroxylation sites is 1. The van der Waals surface area contributed by atoms with Gasteiger partial charge in [-0.3, -0.25) is 4.98 Å². The Morgan fingerprint density at radius 1 is 1.15 bits per heavy atom. The van der Waals surface area contributed by atoms with E-state index in [2.05, 4.69) is 4.98 Å². The topological polar surface area (TPSA) is 83.6 Å². The SMILES string of the molecule is CN(Cc1ccnc2ccccc12)c1ccc2cc(C(=O)O)c(=O)oc2c1. The van der Waals surface area contributed by atoms with E-state index in [1.165, 1.54) is 6.07 Å². The summed E-state index contributed by atoms with van der Waals surface area (Å²) in [6, 6.07) is 16.6. The van der Waals surface area contributed by atoms with Gasteiger partial charge in [-0.05, 0) is 35.9 Å². The summed E-state index contributed by atoms with van der Waals surface area (Å²) in [5, 5.41) is 10.7. The summed E-state index contributed by atoms with van der Waals surface area (Å²) in [5.74, 6) is -1.29. The van der Waals surface area contributed by atoms with Gasteiger partial charge in [0.05, 0.1) is 5.52 Å². The van der Waals surface area contributed by atoms with E-state index in [-0.39, 0.29) is 5.56 Å². The van der Waals surface area contributed by atoms with Crippen LogP contribution in [0.25, 0.3) is 21.9 Å². The Morgan fingerprint density at radius 3 is 2.78 bits per heavy atom. The smallest absolute Gasteiger partial charge is 0.351 e. The Balaban J connectivity index is 1.70. The van der Waals surface area contributed by atoms with E-state index < -0.39 is 11.6 Å². The number of hydrogen-bond donors (Lipinski definition) is 1. The second-order valence-corrected chi connectivity index (χ2v) is 6.32. The van der Waals surface area contributed by atoms with Crippen molar-refractivity contribution in [2.75, 3.05) is 11.9 Å². The number of aromatic carboxylic acids is 1. The quantitative estimate of drug-likeness (QED) is 0.559. The van der Waals surface area contributed by atoms with Gasteiger partial charge in [-0.15, -0.1) is 0 Å². The molecule has 0 atom stereocenters. The van der Waals surface area contributed by atoms with Crippen LogP contribution < -0.4 is 10.5 Å². The van der Waals surface area contributed by atoms with Gasteiger partial charge in [-0.1, -0.05) is 18.2 Å². The third kappa shape index (κ3) is 3.13. The van der Waals surface area contributed by atoms with Crippen LogP contribution >= 0.6 is 0 Å². The number of aromatic nitrogens is 1. The number of hydrogen-bond acceptors (Lipinski definition) is 5. The number of pyridine rings is 1. The molecule has 4 aromatic rings. The zero-order valence-electron chi connectivity index (χ0n) is 14.5. The van der Waals surface area contributed by atoms with Gasteiger partial charge in [0.25, 0.3) is 0 Å². The normalized spacial score (nSPS) is 11.0. The summed E-state index contributed by atoms with van der Waals surface area (Å²) in [6.45, 7) is 0.645. The third-order valence-electron chi connectivity index (χ3n) is 4.54. The fourth-order valence-electron chi connectivity index (χ4n) is 3.13. The standard InChI is InChI=1S/C21H16N2O4/c1-23(12-14-8-9-22-18-5-3-2-4-16(14)18)15-7-6-13-10-17(20(24)25)21(26)27-19(13)11-15/h2-11H,12H2,1H3,(H,24,25). The van der Waals surface area contributed by atoms with E-state index in [0.29, 0.717) is 17.5 Å². The van der Waals surface area contributed by atoms with Gasteiger partial charge in [0, 0.05) is 42.3 Å². The number of benzene rings is 2. The highest BCUT2D eigenvalue weighted by Gasteiger charge is 2.13. The zero-order valence-corrected chi connectivity index (χ0v) is 14.5. The lowest BCUT2D eigenvalue weighted by Crippen LogP contribution is -2.17. The molecule has 0 amide bonds. The van der Waals surface area contributed by atoms with Gasteiger partial charge in [0.15, 0.2) is 0 Å². The van der Waals surface area contributed by atoms with Gasteiger partial charge in [0.1, 0.15) is 11.1 Å². The number of rotatable bonds is 4. The minimum absolute atomic E-state index is 0.355. The van der Waals surface area contributed by atoms with E-state index >= 15 is 0 Å². The summed E-state index contributed by atoms with van der Waals surface area (Å²) in [6.07, 6.45) is 1.79. The van der Waals surface area contributed by atoms with Gasteiger partial charge < -0.3 is 14.4 Å². The number of carbonyl (C=O) groups is 1. The van der Waals surface area contributed by atoms with Crippen LogP contribution in [0.4, 0.5) is 5.69 Å². The second-order valence-electron chi connectivity index (χ2n) is 6.32. The number of carboxylic acids is 1. The molecule has 27 heavy (non-hydrogen) atoms. The zero-order chi connectivity index (χ0) is 19.0. The fraction of sp³-hybridized carbons (Fsp3) is 0.0952. The molecule has 0 fully saturated rings. The first-order valence-corrected chi connectivity index (χ1v) is 8.38. The van der Waals surface area contributed by atoms with Crippen LogP contribution in [0, 0.1) is 0 Å². The minimum atomic E-state index is -1.29. The van der Waals surface area contributed by atoms with Crippen molar-refractivity contribution in [3.63, 3.8) is 0 Å². The summed E-state index contributed by atoms with van der Waals surface area (Å²) >= 11 is 0. The highest BCUT2D eigenvalue weighted by atomic mass is 16.4. The van der Waals surface area contributed by atoms with Crippen molar-refractivity contribution in [2.45, 2.75) is 6.54 Å². The Labute approximate surface area is 154 Å². The van der Waals surface area contributed by atoms with Crippen molar-refractivity contribution >= 4 is 33.5 Å². The summed E-state index contributed by atoms with van der Waals surface area (Å²) in [5.41, 5.74) is 2.06. The van der Waals surface area contributed by atoms with Crippen molar-refractivity contribution in [1.29, 1.82) is 0 Å². The number of anilines is 1. The predicted octanol–water partition coefficient (Wildman–Crippen LogP) is 3.68. The molecule has 0 radical (unpaired) electrons. The second kappa shape index (κ2) is 6.57. The largest absolute Gasteiger partial charge is 0.477 e. The fourth-order valence-corrected chi connectivity index (χ4v) is 3.13. The van der Waals surface area contributed by atoms with Gasteiger partial charge >= 0.3 is 11.6 Å². The molecule has 0 saturated heterocycles. The van der Waals surface area contributed by atoms with Crippen LogP contribution in [0.1, 0.15) is 15.9 Å². The van der Waals surface area contributed by atoms with Crippen LogP contribution in [-0.4, -0.2) is 23.1 Å². The molecule has 0 aliphatic heterocycles. The van der Waals surface area contributed by atoms with Crippen LogP contribution in [0.15, 0.2) is 70.0 Å². The molecular weight excluding hydrogens is 344 g/mol. The maximum Gasteiger partial charge on any atom is 0.351 e. The molecule has 134 valence electrons. The summed E-state index contributed by atoms with van der Waals surface area (Å²) < 4.78 is 5.19. The van der Waals surface area contributed by atoms with Crippen LogP contribution in [0.2, 0.25) is 0 Å². The van der Waals surface area contributed by atoms with Crippen molar-refractivity contribution in [3.8, 4) is 0 Å². The maximum absolute atomic E-state index is 11.8. The molecule has 6 nitrogen and oxygen atoms in total.